The van der Waals surface area contributed by atoms with Gasteiger partial charge in [0.25, 0.3) is 0 Å². The summed E-state index contributed by atoms with van der Waals surface area (Å²) in [5.74, 6) is 0.161. The number of carbonyl (C=O) groups excluding carboxylic acids is 2. The molecule has 2 aliphatic rings. The van der Waals surface area contributed by atoms with Gasteiger partial charge in [-0.1, -0.05) is 11.6 Å². The lowest BCUT2D eigenvalue weighted by molar-refractivity contribution is -0.125. The highest BCUT2D eigenvalue weighted by Gasteiger charge is 2.44. The number of halogens is 1. The van der Waals surface area contributed by atoms with Gasteiger partial charge in [0.1, 0.15) is 17.5 Å². The molecule has 1 heterocycles. The second-order valence-electron chi connectivity index (χ2n) is 6.83. The Labute approximate surface area is 147 Å². The molecule has 130 valence electrons. The van der Waals surface area contributed by atoms with E-state index in [1.807, 2.05) is 6.92 Å². The maximum atomic E-state index is 13.0. The Morgan fingerprint density at radius 3 is 2.62 bits per heavy atom. The van der Waals surface area contributed by atoms with Crippen LogP contribution in [0, 0.1) is 18.8 Å². The first-order chi connectivity index (χ1) is 11.5. The number of ketones is 2. The Balaban J connectivity index is 1.84. The molecule has 2 fully saturated rings. The average molecular weight is 351 g/mol. The van der Waals surface area contributed by atoms with Gasteiger partial charge in [-0.15, -0.1) is 0 Å². The molecule has 5 heteroatoms. The molecule has 3 rings (SSSR count). The third kappa shape index (κ3) is 3.35. The molecule has 0 N–H and O–H groups in total. The molecule has 24 heavy (non-hydrogen) atoms. The fourth-order valence-corrected chi connectivity index (χ4v) is 4.27. The molecular formula is C19H23ClO4. The minimum absolute atomic E-state index is 0.000724. The van der Waals surface area contributed by atoms with E-state index in [1.165, 1.54) is 7.11 Å². The maximum Gasteiger partial charge on any atom is 0.151 e. The summed E-state index contributed by atoms with van der Waals surface area (Å²) in [6, 6.07) is 3.46. The molecule has 1 aromatic rings. The van der Waals surface area contributed by atoms with E-state index in [9.17, 15) is 9.59 Å². The third-order valence-corrected chi connectivity index (χ3v) is 5.46. The summed E-state index contributed by atoms with van der Waals surface area (Å²) in [6.07, 6.45) is 3.09. The van der Waals surface area contributed by atoms with E-state index in [1.54, 1.807) is 12.1 Å². The van der Waals surface area contributed by atoms with Crippen LogP contribution in [0.1, 0.15) is 42.7 Å². The van der Waals surface area contributed by atoms with Crippen LogP contribution in [0.15, 0.2) is 12.1 Å². The van der Waals surface area contributed by atoms with E-state index in [4.69, 9.17) is 21.1 Å². The lowest BCUT2D eigenvalue weighted by atomic mass is 9.85. The van der Waals surface area contributed by atoms with Crippen molar-refractivity contribution in [1.82, 2.24) is 0 Å². The fourth-order valence-electron chi connectivity index (χ4n) is 4.01. The summed E-state index contributed by atoms with van der Waals surface area (Å²) in [4.78, 5) is 25.6. The zero-order valence-corrected chi connectivity index (χ0v) is 14.9. The van der Waals surface area contributed by atoms with Crippen LogP contribution in [0.2, 0.25) is 5.02 Å². The van der Waals surface area contributed by atoms with Gasteiger partial charge >= 0.3 is 0 Å². The molecular weight excluding hydrogens is 328 g/mol. The standard InChI is InChI=1S/C19H23ClO4/c1-11-7-14(20)10-16(23-2)17(11)18-15(21)9-13(19(18)22)8-12-3-5-24-6-4-12/h7,10,12-13,18H,3-6,8-9H2,1-2H3. The number of Topliss-reactive ketones (excluding diaryl/α,β-unsaturated/α-hetero) is 2. The van der Waals surface area contributed by atoms with Gasteiger partial charge < -0.3 is 9.47 Å². The normalized spacial score (nSPS) is 25.3. The number of ether oxygens (including phenoxy) is 2. The van der Waals surface area contributed by atoms with Crippen LogP contribution in [0.5, 0.6) is 5.75 Å². The van der Waals surface area contributed by atoms with E-state index >= 15 is 0 Å². The van der Waals surface area contributed by atoms with Crippen molar-refractivity contribution in [2.24, 2.45) is 11.8 Å². The molecule has 1 saturated heterocycles. The van der Waals surface area contributed by atoms with Crippen molar-refractivity contribution in [1.29, 1.82) is 0 Å². The van der Waals surface area contributed by atoms with Gasteiger partial charge in [0.05, 0.1) is 7.11 Å². The van der Waals surface area contributed by atoms with E-state index in [-0.39, 0.29) is 17.5 Å². The van der Waals surface area contributed by atoms with Gasteiger partial charge in [-0.3, -0.25) is 9.59 Å². The molecule has 0 aromatic heterocycles. The fraction of sp³-hybridized carbons (Fsp3) is 0.579. The van der Waals surface area contributed by atoms with Gasteiger partial charge in [0.15, 0.2) is 5.78 Å². The first kappa shape index (κ1) is 17.4. The second-order valence-corrected chi connectivity index (χ2v) is 7.27. The van der Waals surface area contributed by atoms with Crippen LogP contribution >= 0.6 is 11.6 Å². The molecule has 0 bridgehead atoms. The molecule has 4 nitrogen and oxygen atoms in total. The minimum Gasteiger partial charge on any atom is -0.496 e. The van der Waals surface area contributed by atoms with Gasteiger partial charge in [0.2, 0.25) is 0 Å². The van der Waals surface area contributed by atoms with E-state index in [0.29, 0.717) is 28.7 Å². The summed E-state index contributed by atoms with van der Waals surface area (Å²) in [6.45, 7) is 3.39. The van der Waals surface area contributed by atoms with Crippen molar-refractivity contribution < 1.29 is 19.1 Å². The highest BCUT2D eigenvalue weighted by Crippen LogP contribution is 2.42. The molecule has 2 atom stereocenters. The van der Waals surface area contributed by atoms with Crippen molar-refractivity contribution in [2.75, 3.05) is 20.3 Å². The van der Waals surface area contributed by atoms with Crippen LogP contribution in [0.25, 0.3) is 0 Å². The Hall–Kier alpha value is -1.39. The van der Waals surface area contributed by atoms with Gasteiger partial charge in [0, 0.05) is 36.1 Å². The number of aryl methyl sites for hydroxylation is 1. The number of methoxy groups -OCH3 is 1. The predicted octanol–water partition coefficient (Wildman–Crippen LogP) is 3.72. The van der Waals surface area contributed by atoms with Crippen LogP contribution in [0.4, 0.5) is 0 Å². The third-order valence-electron chi connectivity index (χ3n) is 5.24. The molecule has 0 spiro atoms. The zero-order valence-electron chi connectivity index (χ0n) is 14.1. The number of carbonyl (C=O) groups is 2. The highest BCUT2D eigenvalue weighted by molar-refractivity contribution is 6.31. The van der Waals surface area contributed by atoms with E-state index in [2.05, 4.69) is 0 Å². The first-order valence-electron chi connectivity index (χ1n) is 8.49. The van der Waals surface area contributed by atoms with Gasteiger partial charge in [-0.25, -0.2) is 0 Å². The van der Waals surface area contributed by atoms with Crippen molar-refractivity contribution >= 4 is 23.2 Å². The monoisotopic (exact) mass is 350 g/mol. The van der Waals surface area contributed by atoms with E-state index in [0.717, 1.165) is 38.0 Å². The number of hydrogen-bond acceptors (Lipinski definition) is 4. The van der Waals surface area contributed by atoms with Crippen molar-refractivity contribution in [2.45, 2.75) is 38.5 Å². The lowest BCUT2D eigenvalue weighted by Crippen LogP contribution is -2.22. The lowest BCUT2D eigenvalue weighted by Gasteiger charge is -2.24. The summed E-state index contributed by atoms with van der Waals surface area (Å²) >= 11 is 6.08. The van der Waals surface area contributed by atoms with Crippen LogP contribution < -0.4 is 4.74 Å². The smallest absolute Gasteiger partial charge is 0.151 e. The summed E-state index contributed by atoms with van der Waals surface area (Å²) in [7, 11) is 1.54. The number of hydrogen-bond donors (Lipinski definition) is 0. The predicted molar refractivity (Wildman–Crippen MR) is 91.8 cm³/mol. The minimum atomic E-state index is -0.706. The Bertz CT molecular complexity index is 649. The van der Waals surface area contributed by atoms with Crippen LogP contribution in [-0.4, -0.2) is 31.9 Å². The van der Waals surface area contributed by atoms with E-state index < -0.39 is 5.92 Å². The van der Waals surface area contributed by atoms with Crippen molar-refractivity contribution in [3.8, 4) is 5.75 Å². The Morgan fingerprint density at radius 2 is 1.96 bits per heavy atom. The highest BCUT2D eigenvalue weighted by atomic mass is 35.5. The molecule has 0 radical (unpaired) electrons. The van der Waals surface area contributed by atoms with Gasteiger partial charge in [-0.2, -0.15) is 0 Å². The molecule has 0 amide bonds. The Kier molecular flexibility index (Phi) is 5.26. The van der Waals surface area contributed by atoms with Gasteiger partial charge in [-0.05, 0) is 49.8 Å². The zero-order chi connectivity index (χ0) is 17.3. The summed E-state index contributed by atoms with van der Waals surface area (Å²) in [5.41, 5.74) is 1.52. The molecule has 1 aliphatic heterocycles. The SMILES string of the molecule is COc1cc(Cl)cc(C)c1C1C(=O)CC(CC2CCOCC2)C1=O. The Morgan fingerprint density at radius 1 is 1.25 bits per heavy atom. The van der Waals surface area contributed by atoms with Crippen molar-refractivity contribution in [3.05, 3.63) is 28.3 Å². The van der Waals surface area contributed by atoms with Crippen LogP contribution in [-0.2, 0) is 14.3 Å². The molecule has 1 aliphatic carbocycles. The summed E-state index contributed by atoms with van der Waals surface area (Å²) < 4.78 is 10.8. The molecule has 2 unspecified atom stereocenters. The largest absolute Gasteiger partial charge is 0.496 e. The van der Waals surface area contributed by atoms with Crippen LogP contribution in [0.3, 0.4) is 0 Å². The van der Waals surface area contributed by atoms with Crippen molar-refractivity contribution in [3.63, 3.8) is 0 Å². The summed E-state index contributed by atoms with van der Waals surface area (Å²) in [5, 5.41) is 0.546. The maximum absolute atomic E-state index is 13.0. The number of benzene rings is 1. The topological polar surface area (TPSA) is 52.6 Å². The quantitative estimate of drug-likeness (QED) is 0.777. The second kappa shape index (κ2) is 7.24. The molecule has 1 aromatic carbocycles. The number of rotatable bonds is 4. The molecule has 1 saturated carbocycles. The average Bonchev–Trinajstić information content (AvgIpc) is 2.82. The first-order valence-corrected chi connectivity index (χ1v) is 8.87.